The number of ether oxygens (including phenoxy) is 1. The summed E-state index contributed by atoms with van der Waals surface area (Å²) in [6, 6.07) is 6.11. The van der Waals surface area contributed by atoms with Gasteiger partial charge in [0, 0.05) is 18.7 Å². The summed E-state index contributed by atoms with van der Waals surface area (Å²) in [5.74, 6) is -0.260. The molecule has 0 aliphatic carbocycles. The van der Waals surface area contributed by atoms with Crippen LogP contribution in [0.3, 0.4) is 0 Å². The maximum absolute atomic E-state index is 12.3. The molecular weight excluding hydrogens is 318 g/mol. The molecule has 0 bridgehead atoms. The molecule has 0 fully saturated rings. The molecule has 2 rings (SSSR count). The summed E-state index contributed by atoms with van der Waals surface area (Å²) in [6.45, 7) is 1.21. The van der Waals surface area contributed by atoms with Crippen molar-refractivity contribution in [3.05, 3.63) is 36.0 Å². The average Bonchev–Trinajstić information content (AvgIpc) is 3.04. The van der Waals surface area contributed by atoms with E-state index in [9.17, 15) is 13.6 Å². The van der Waals surface area contributed by atoms with Crippen LogP contribution in [0.15, 0.2) is 30.5 Å². The maximum atomic E-state index is 12.3. The molecule has 0 aliphatic rings. The monoisotopic (exact) mass is 338 g/mol. The zero-order valence-corrected chi connectivity index (χ0v) is 13.3. The zero-order valence-electron chi connectivity index (χ0n) is 13.3. The zero-order chi connectivity index (χ0) is 17.4. The van der Waals surface area contributed by atoms with Gasteiger partial charge < -0.3 is 15.4 Å². The van der Waals surface area contributed by atoms with Gasteiger partial charge in [-0.15, -0.1) is 0 Å². The fourth-order valence-electron chi connectivity index (χ4n) is 2.17. The van der Waals surface area contributed by atoms with Crippen LogP contribution < -0.4 is 15.4 Å². The van der Waals surface area contributed by atoms with Crippen LogP contribution in [0.2, 0.25) is 0 Å². The van der Waals surface area contributed by atoms with Crippen molar-refractivity contribution in [2.24, 2.45) is 0 Å². The third-order valence-electron chi connectivity index (χ3n) is 3.25. The number of alkyl halides is 2. The van der Waals surface area contributed by atoms with Crippen molar-refractivity contribution in [2.75, 3.05) is 19.6 Å². The van der Waals surface area contributed by atoms with Crippen molar-refractivity contribution < 1.29 is 18.3 Å². The van der Waals surface area contributed by atoms with Gasteiger partial charge in [-0.1, -0.05) is 19.1 Å². The molecule has 0 spiro atoms. The molecule has 1 aromatic carbocycles. The van der Waals surface area contributed by atoms with Crippen LogP contribution in [0.25, 0.3) is 11.3 Å². The van der Waals surface area contributed by atoms with Crippen LogP contribution in [0.1, 0.15) is 23.7 Å². The number of nitrogens with one attached hydrogen (secondary N) is 3. The van der Waals surface area contributed by atoms with Crippen LogP contribution in [0, 0.1) is 0 Å². The van der Waals surface area contributed by atoms with Crippen molar-refractivity contribution in [1.29, 1.82) is 0 Å². The van der Waals surface area contributed by atoms with Crippen molar-refractivity contribution in [1.82, 2.24) is 20.8 Å². The molecule has 8 heteroatoms. The molecule has 0 saturated heterocycles. The fraction of sp³-hybridized carbons (Fsp3) is 0.375. The minimum Gasteiger partial charge on any atom is -0.435 e. The molecule has 0 radical (unpaired) electrons. The minimum absolute atomic E-state index is 0.0206. The lowest BCUT2D eigenvalue weighted by Gasteiger charge is -2.08. The van der Waals surface area contributed by atoms with Crippen molar-refractivity contribution in [2.45, 2.75) is 20.0 Å². The normalized spacial score (nSPS) is 10.8. The van der Waals surface area contributed by atoms with Gasteiger partial charge in [0.1, 0.15) is 5.75 Å². The lowest BCUT2D eigenvalue weighted by Crippen LogP contribution is -2.32. The van der Waals surface area contributed by atoms with Crippen molar-refractivity contribution in [3.63, 3.8) is 0 Å². The molecule has 3 N–H and O–H groups in total. The summed E-state index contributed by atoms with van der Waals surface area (Å²) in [7, 11) is 0. The Bertz CT molecular complexity index is 661. The Morgan fingerprint density at radius 2 is 2.17 bits per heavy atom. The Labute approximate surface area is 138 Å². The number of H-pyrrole nitrogens is 1. The molecule has 0 atom stereocenters. The second kappa shape index (κ2) is 8.97. The van der Waals surface area contributed by atoms with E-state index in [1.54, 1.807) is 12.1 Å². The number of carbonyl (C=O) groups is 1. The topological polar surface area (TPSA) is 79.0 Å². The van der Waals surface area contributed by atoms with Gasteiger partial charge in [0.15, 0.2) is 0 Å². The van der Waals surface area contributed by atoms with Gasteiger partial charge in [0.2, 0.25) is 0 Å². The van der Waals surface area contributed by atoms with E-state index in [1.165, 1.54) is 18.3 Å². The highest BCUT2D eigenvalue weighted by Gasteiger charge is 2.16. The molecule has 130 valence electrons. The molecule has 0 aliphatic heterocycles. The lowest BCUT2D eigenvalue weighted by atomic mass is 10.1. The predicted molar refractivity (Wildman–Crippen MR) is 86.1 cm³/mol. The molecule has 0 saturated carbocycles. The van der Waals surface area contributed by atoms with E-state index in [0.717, 1.165) is 13.0 Å². The Morgan fingerprint density at radius 3 is 2.92 bits per heavy atom. The molecule has 6 nitrogen and oxygen atoms in total. The number of carbonyl (C=O) groups excluding carboxylic acids is 1. The Hall–Kier alpha value is -2.48. The first-order chi connectivity index (χ1) is 11.6. The number of rotatable bonds is 9. The number of hydrogen-bond acceptors (Lipinski definition) is 4. The fourth-order valence-corrected chi connectivity index (χ4v) is 2.17. The number of nitrogens with zero attached hydrogens (tertiary/aromatic N) is 1. The smallest absolute Gasteiger partial charge is 0.387 e. The second-order valence-corrected chi connectivity index (χ2v) is 5.07. The maximum Gasteiger partial charge on any atom is 0.387 e. The highest BCUT2D eigenvalue weighted by atomic mass is 19.3. The van der Waals surface area contributed by atoms with Crippen LogP contribution >= 0.6 is 0 Å². The van der Waals surface area contributed by atoms with Gasteiger partial charge in [-0.2, -0.15) is 13.9 Å². The Balaban J connectivity index is 2.05. The van der Waals surface area contributed by atoms with Crippen LogP contribution in [-0.4, -0.2) is 42.4 Å². The lowest BCUT2D eigenvalue weighted by molar-refractivity contribution is -0.0498. The third-order valence-corrected chi connectivity index (χ3v) is 3.25. The first kappa shape index (κ1) is 17.9. The van der Waals surface area contributed by atoms with Gasteiger partial charge in [0.05, 0.1) is 17.5 Å². The van der Waals surface area contributed by atoms with E-state index >= 15 is 0 Å². The Morgan fingerprint density at radius 1 is 1.33 bits per heavy atom. The van der Waals surface area contributed by atoms with Crippen LogP contribution in [0.5, 0.6) is 5.75 Å². The SMILES string of the molecule is CCCNCCNC(=O)c1cn[nH]c1-c1cccc(OC(F)F)c1. The highest BCUT2D eigenvalue weighted by Crippen LogP contribution is 2.25. The number of benzene rings is 1. The molecule has 1 aromatic heterocycles. The third kappa shape index (κ3) is 5.02. The summed E-state index contributed by atoms with van der Waals surface area (Å²) < 4.78 is 29.0. The molecule has 2 aromatic rings. The highest BCUT2D eigenvalue weighted by molar-refractivity contribution is 5.99. The van der Waals surface area contributed by atoms with Gasteiger partial charge in [-0.05, 0) is 25.1 Å². The van der Waals surface area contributed by atoms with E-state index in [4.69, 9.17) is 0 Å². The van der Waals surface area contributed by atoms with E-state index in [1.807, 2.05) is 0 Å². The number of halogens is 2. The minimum atomic E-state index is -2.90. The molecule has 1 heterocycles. The number of aromatic nitrogens is 2. The van der Waals surface area contributed by atoms with E-state index in [2.05, 4.69) is 32.5 Å². The molecule has 1 amide bonds. The van der Waals surface area contributed by atoms with Gasteiger partial charge in [0.25, 0.3) is 5.91 Å². The quantitative estimate of drug-likeness (QED) is 0.614. The average molecular weight is 338 g/mol. The van der Waals surface area contributed by atoms with E-state index < -0.39 is 6.61 Å². The predicted octanol–water partition coefficient (Wildman–Crippen LogP) is 2.41. The second-order valence-electron chi connectivity index (χ2n) is 5.07. The summed E-state index contributed by atoms with van der Waals surface area (Å²) in [5.41, 5.74) is 1.34. The summed E-state index contributed by atoms with van der Waals surface area (Å²) >= 11 is 0. The molecule has 24 heavy (non-hydrogen) atoms. The van der Waals surface area contributed by atoms with E-state index in [0.29, 0.717) is 29.9 Å². The summed E-state index contributed by atoms with van der Waals surface area (Å²) in [5, 5.41) is 12.6. The first-order valence-corrected chi connectivity index (χ1v) is 7.69. The summed E-state index contributed by atoms with van der Waals surface area (Å²) in [4.78, 5) is 12.2. The molecular formula is C16H20F2N4O2. The van der Waals surface area contributed by atoms with Gasteiger partial charge in [-0.3, -0.25) is 9.89 Å². The number of amides is 1. The standard InChI is InChI=1S/C16H20F2N4O2/c1-2-6-19-7-8-20-15(23)13-10-21-22-14(13)11-4-3-5-12(9-11)24-16(17)18/h3-5,9-10,16,19H,2,6-8H2,1H3,(H,20,23)(H,21,22). The number of hydrogen-bond donors (Lipinski definition) is 3. The largest absolute Gasteiger partial charge is 0.435 e. The van der Waals surface area contributed by atoms with Crippen LogP contribution in [-0.2, 0) is 0 Å². The summed E-state index contributed by atoms with van der Waals surface area (Å²) in [6.07, 6.45) is 2.43. The van der Waals surface area contributed by atoms with Gasteiger partial charge >= 0.3 is 6.61 Å². The van der Waals surface area contributed by atoms with E-state index in [-0.39, 0.29) is 11.7 Å². The first-order valence-electron chi connectivity index (χ1n) is 7.69. The van der Waals surface area contributed by atoms with Gasteiger partial charge in [-0.25, -0.2) is 0 Å². The van der Waals surface area contributed by atoms with Crippen molar-refractivity contribution in [3.8, 4) is 17.0 Å². The van der Waals surface area contributed by atoms with Crippen LogP contribution in [0.4, 0.5) is 8.78 Å². The number of aromatic amines is 1. The van der Waals surface area contributed by atoms with Crippen molar-refractivity contribution >= 4 is 5.91 Å². The Kier molecular flexibility index (Phi) is 6.68. The molecule has 0 unspecified atom stereocenters.